The minimum absolute atomic E-state index is 0.329. The van der Waals surface area contributed by atoms with Crippen LogP contribution in [0.25, 0.3) is 0 Å². The molecule has 0 saturated heterocycles. The molecular weight excluding hydrogens is 395 g/mol. The fraction of sp³-hybridized carbons (Fsp3) is 0.462. The first-order chi connectivity index (χ1) is 11.2. The van der Waals surface area contributed by atoms with Gasteiger partial charge in [-0.2, -0.15) is 23.4 Å². The van der Waals surface area contributed by atoms with Crippen molar-refractivity contribution < 1.29 is 22.7 Å². The number of carbonyl (C=O) groups excluding carboxylic acids is 1. The van der Waals surface area contributed by atoms with Crippen LogP contribution in [-0.2, 0) is 16.3 Å². The minimum Gasteiger partial charge on any atom is -0.350 e. The number of amides is 1. The number of ether oxygens (including phenoxy) is 1. The number of carbonyl (C=O) groups is 1. The first-order valence-electron chi connectivity index (χ1n) is 6.85. The van der Waals surface area contributed by atoms with Gasteiger partial charge in [0.25, 0.3) is 0 Å². The molecule has 0 aromatic carbocycles. The summed E-state index contributed by atoms with van der Waals surface area (Å²) < 4.78 is 44.0. The van der Waals surface area contributed by atoms with Crippen molar-refractivity contribution in [1.29, 1.82) is 0 Å². The van der Waals surface area contributed by atoms with Gasteiger partial charge in [-0.25, -0.2) is 4.68 Å². The molecule has 2 rings (SSSR count). The lowest BCUT2D eigenvalue weighted by molar-refractivity contribution is -0.182. The molecule has 1 atom stereocenters. The first-order valence-corrected chi connectivity index (χ1v) is 7.64. The van der Waals surface area contributed by atoms with Gasteiger partial charge in [0.15, 0.2) is 0 Å². The van der Waals surface area contributed by atoms with Gasteiger partial charge in [-0.3, -0.25) is 9.48 Å². The largest absolute Gasteiger partial charge is 0.411 e. The van der Waals surface area contributed by atoms with Crippen molar-refractivity contribution in [3.63, 3.8) is 0 Å². The van der Waals surface area contributed by atoms with E-state index in [4.69, 9.17) is 0 Å². The molecule has 1 unspecified atom stereocenters. The molecule has 0 spiro atoms. The zero-order valence-electron chi connectivity index (χ0n) is 12.8. The minimum atomic E-state index is -4.39. The van der Waals surface area contributed by atoms with Crippen LogP contribution in [0.15, 0.2) is 23.1 Å². The van der Waals surface area contributed by atoms with E-state index < -0.39 is 18.8 Å². The lowest BCUT2D eigenvalue weighted by atomic mass is 10.3. The molecule has 2 heterocycles. The zero-order chi connectivity index (χ0) is 17.9. The number of anilines is 1. The lowest BCUT2D eigenvalue weighted by Crippen LogP contribution is -2.25. The molecule has 1 N–H and O–H groups in total. The maximum atomic E-state index is 12.2. The molecular formula is C13H15BrF3N5O2. The van der Waals surface area contributed by atoms with Crippen LogP contribution in [0, 0.1) is 6.92 Å². The fourth-order valence-corrected chi connectivity index (χ4v) is 2.18. The molecule has 2 aromatic heterocycles. The van der Waals surface area contributed by atoms with Crippen molar-refractivity contribution in [3.05, 3.63) is 28.8 Å². The van der Waals surface area contributed by atoms with Gasteiger partial charge in [-0.1, -0.05) is 0 Å². The summed E-state index contributed by atoms with van der Waals surface area (Å²) in [6.45, 7) is 1.77. The van der Waals surface area contributed by atoms with Crippen molar-refractivity contribution in [1.82, 2.24) is 19.6 Å². The van der Waals surface area contributed by atoms with Gasteiger partial charge in [0.1, 0.15) is 19.4 Å². The van der Waals surface area contributed by atoms with Crippen LogP contribution in [-0.4, -0.2) is 38.3 Å². The summed E-state index contributed by atoms with van der Waals surface area (Å²) >= 11 is 3.32. The van der Waals surface area contributed by atoms with Crippen molar-refractivity contribution in [2.24, 2.45) is 0 Å². The summed E-state index contributed by atoms with van der Waals surface area (Å²) in [5.41, 5.74) is 1.15. The van der Waals surface area contributed by atoms with Crippen molar-refractivity contribution in [3.8, 4) is 0 Å². The van der Waals surface area contributed by atoms with Crippen molar-refractivity contribution >= 4 is 27.5 Å². The number of nitrogens with one attached hydrogen (secondary N) is 1. The van der Waals surface area contributed by atoms with Gasteiger partial charge in [-0.05, 0) is 29.8 Å². The molecule has 0 aliphatic heterocycles. The topological polar surface area (TPSA) is 74.0 Å². The van der Waals surface area contributed by atoms with Gasteiger partial charge in [0, 0.05) is 0 Å². The Balaban J connectivity index is 1.91. The Bertz CT molecular complexity index is 713. The molecule has 24 heavy (non-hydrogen) atoms. The second kappa shape index (κ2) is 7.34. The summed E-state index contributed by atoms with van der Waals surface area (Å²) in [7, 11) is 0. The Labute approximate surface area is 143 Å². The molecule has 0 bridgehead atoms. The Kier molecular flexibility index (Phi) is 5.65. The Morgan fingerprint density at radius 2 is 2.12 bits per heavy atom. The monoisotopic (exact) mass is 409 g/mol. The second-order valence-corrected chi connectivity index (χ2v) is 5.90. The van der Waals surface area contributed by atoms with Gasteiger partial charge < -0.3 is 10.1 Å². The van der Waals surface area contributed by atoms with E-state index in [1.165, 1.54) is 12.4 Å². The molecule has 7 nitrogen and oxygen atoms in total. The normalized spacial score (nSPS) is 13.1. The third-order valence-electron chi connectivity index (χ3n) is 3.12. The first kappa shape index (κ1) is 18.5. The molecule has 0 radical (unpaired) electrons. The van der Waals surface area contributed by atoms with Crippen LogP contribution in [0.2, 0.25) is 0 Å². The third-order valence-corrected chi connectivity index (χ3v) is 3.90. The number of halogens is 4. The predicted octanol–water partition coefficient (Wildman–Crippen LogP) is 2.89. The molecule has 0 saturated carbocycles. The molecule has 132 valence electrons. The van der Waals surface area contributed by atoms with E-state index >= 15 is 0 Å². The summed E-state index contributed by atoms with van der Waals surface area (Å²) in [6.07, 6.45) is -0.0923. The molecule has 11 heteroatoms. The summed E-state index contributed by atoms with van der Waals surface area (Å²) in [5.74, 6) is -0.329. The highest BCUT2D eigenvalue weighted by Crippen LogP contribution is 2.19. The van der Waals surface area contributed by atoms with Crippen molar-refractivity contribution in [2.45, 2.75) is 32.8 Å². The van der Waals surface area contributed by atoms with E-state index in [0.29, 0.717) is 5.69 Å². The number of rotatable bonds is 6. The maximum absolute atomic E-state index is 12.2. The van der Waals surface area contributed by atoms with Crippen LogP contribution in [0.4, 0.5) is 18.9 Å². The Morgan fingerprint density at radius 3 is 2.71 bits per heavy atom. The average Bonchev–Trinajstić information content (AvgIpc) is 3.05. The van der Waals surface area contributed by atoms with E-state index in [0.717, 1.165) is 14.8 Å². The van der Waals surface area contributed by atoms with Crippen molar-refractivity contribution in [2.75, 3.05) is 11.9 Å². The number of hydrogen-bond donors (Lipinski definition) is 1. The third kappa shape index (κ3) is 4.81. The zero-order valence-corrected chi connectivity index (χ0v) is 14.4. The molecule has 2 aromatic rings. The van der Waals surface area contributed by atoms with E-state index in [1.54, 1.807) is 17.8 Å². The van der Waals surface area contributed by atoms with Gasteiger partial charge in [0.2, 0.25) is 5.91 Å². The van der Waals surface area contributed by atoms with Gasteiger partial charge >= 0.3 is 6.18 Å². The van der Waals surface area contributed by atoms with E-state index in [9.17, 15) is 18.0 Å². The van der Waals surface area contributed by atoms with E-state index in [-0.39, 0.29) is 12.6 Å². The Morgan fingerprint density at radius 1 is 1.42 bits per heavy atom. The molecule has 0 aliphatic rings. The van der Waals surface area contributed by atoms with Crippen LogP contribution >= 0.6 is 15.9 Å². The Hall–Kier alpha value is -1.88. The highest BCUT2D eigenvalue weighted by molar-refractivity contribution is 9.10. The fourth-order valence-electron chi connectivity index (χ4n) is 1.90. The lowest BCUT2D eigenvalue weighted by Gasteiger charge is -2.13. The highest BCUT2D eigenvalue weighted by atomic mass is 79.9. The summed E-state index contributed by atoms with van der Waals surface area (Å²) in [5, 5.41) is 10.6. The second-order valence-electron chi connectivity index (χ2n) is 5.05. The number of alkyl halides is 3. The summed E-state index contributed by atoms with van der Waals surface area (Å²) in [4.78, 5) is 12.2. The highest BCUT2D eigenvalue weighted by Gasteiger charge is 2.27. The quantitative estimate of drug-likeness (QED) is 0.795. The van der Waals surface area contributed by atoms with E-state index in [1.807, 2.05) is 6.92 Å². The predicted molar refractivity (Wildman–Crippen MR) is 82.2 cm³/mol. The van der Waals surface area contributed by atoms with Crippen LogP contribution in [0.5, 0.6) is 0 Å². The molecule has 1 amide bonds. The van der Waals surface area contributed by atoms with Crippen LogP contribution in [0.1, 0.15) is 18.7 Å². The molecule has 0 aliphatic carbocycles. The summed E-state index contributed by atoms with van der Waals surface area (Å²) in [6, 6.07) is -0.568. The standard InChI is InChI=1S/C13H15BrF3N5O2/c1-8-11(14)4-19-22(8)9(2)12(23)20-10-3-18-21(5-10)7-24-6-13(15,16)17/h3-5,9H,6-7H2,1-2H3,(H,20,23). The number of hydrogen-bond acceptors (Lipinski definition) is 4. The van der Waals surface area contributed by atoms with Gasteiger partial charge in [0.05, 0.1) is 34.4 Å². The maximum Gasteiger partial charge on any atom is 0.411 e. The van der Waals surface area contributed by atoms with Crippen LogP contribution < -0.4 is 5.32 Å². The van der Waals surface area contributed by atoms with Gasteiger partial charge in [-0.15, -0.1) is 0 Å². The average molecular weight is 410 g/mol. The smallest absolute Gasteiger partial charge is 0.350 e. The van der Waals surface area contributed by atoms with E-state index in [2.05, 4.69) is 36.2 Å². The number of aromatic nitrogens is 4. The molecule has 0 fully saturated rings. The van der Waals surface area contributed by atoms with Crippen LogP contribution in [0.3, 0.4) is 0 Å². The number of nitrogens with zero attached hydrogens (tertiary/aromatic N) is 4. The SMILES string of the molecule is Cc1c(Br)cnn1C(C)C(=O)Nc1cnn(COCC(F)(F)F)c1.